The molecule has 1 fully saturated rings. The van der Waals surface area contributed by atoms with Gasteiger partial charge in [-0.1, -0.05) is 30.3 Å². The molecule has 0 saturated carbocycles. The predicted octanol–water partition coefficient (Wildman–Crippen LogP) is 1.66. The number of aromatic nitrogens is 2. The quantitative estimate of drug-likeness (QED) is 0.862. The Bertz CT molecular complexity index is 624. The summed E-state index contributed by atoms with van der Waals surface area (Å²) in [4.78, 5) is 14.3. The molecular weight excluding hydrogens is 278 g/mol. The highest BCUT2D eigenvalue weighted by molar-refractivity contribution is 5.76. The van der Waals surface area contributed by atoms with Crippen LogP contribution in [-0.2, 0) is 22.5 Å². The molecule has 1 amide bonds. The van der Waals surface area contributed by atoms with Gasteiger partial charge >= 0.3 is 0 Å². The highest BCUT2D eigenvalue weighted by atomic mass is 16.5. The Morgan fingerprint density at radius 1 is 1.32 bits per heavy atom. The van der Waals surface area contributed by atoms with Gasteiger partial charge in [-0.3, -0.25) is 9.48 Å². The summed E-state index contributed by atoms with van der Waals surface area (Å²) in [5.41, 5.74) is 2.17. The van der Waals surface area contributed by atoms with Gasteiger partial charge in [-0.05, 0) is 18.6 Å². The van der Waals surface area contributed by atoms with E-state index in [4.69, 9.17) is 4.74 Å². The van der Waals surface area contributed by atoms with E-state index in [0.717, 1.165) is 12.1 Å². The van der Waals surface area contributed by atoms with Crippen LogP contribution in [0.2, 0.25) is 0 Å². The normalized spacial score (nSPS) is 18.4. The second kappa shape index (κ2) is 6.75. The fraction of sp³-hybridized carbons (Fsp3) is 0.412. The Labute approximate surface area is 130 Å². The van der Waals surface area contributed by atoms with Crippen molar-refractivity contribution < 1.29 is 9.53 Å². The van der Waals surface area contributed by atoms with Gasteiger partial charge in [0.05, 0.1) is 18.4 Å². The third-order valence-electron chi connectivity index (χ3n) is 3.87. The number of morpholine rings is 1. The molecule has 3 rings (SSSR count). The fourth-order valence-electron chi connectivity index (χ4n) is 2.74. The van der Waals surface area contributed by atoms with Gasteiger partial charge in [-0.15, -0.1) is 0 Å². The van der Waals surface area contributed by atoms with Crippen LogP contribution < -0.4 is 0 Å². The van der Waals surface area contributed by atoms with Crippen LogP contribution >= 0.6 is 0 Å². The average molecular weight is 299 g/mol. The predicted molar refractivity (Wildman–Crippen MR) is 83.4 cm³/mol. The molecule has 1 aromatic carbocycles. The Hall–Kier alpha value is -2.14. The van der Waals surface area contributed by atoms with Crippen LogP contribution in [0.3, 0.4) is 0 Å². The van der Waals surface area contributed by atoms with Crippen LogP contribution in [-0.4, -0.2) is 46.4 Å². The van der Waals surface area contributed by atoms with E-state index in [-0.39, 0.29) is 12.0 Å². The molecule has 1 saturated heterocycles. The third-order valence-corrected chi connectivity index (χ3v) is 3.87. The molecule has 1 aliphatic rings. The van der Waals surface area contributed by atoms with Crippen molar-refractivity contribution in [2.45, 2.75) is 26.0 Å². The van der Waals surface area contributed by atoms with Crippen molar-refractivity contribution in [3.8, 4) is 0 Å². The van der Waals surface area contributed by atoms with E-state index >= 15 is 0 Å². The molecule has 1 atom stereocenters. The lowest BCUT2D eigenvalue weighted by Gasteiger charge is -2.33. The molecule has 2 heterocycles. The van der Waals surface area contributed by atoms with Crippen LogP contribution in [0.25, 0.3) is 0 Å². The first-order valence-corrected chi connectivity index (χ1v) is 7.64. The van der Waals surface area contributed by atoms with Gasteiger partial charge in [0.1, 0.15) is 6.54 Å². The smallest absolute Gasteiger partial charge is 0.244 e. The number of carbonyl (C=O) groups is 1. The van der Waals surface area contributed by atoms with Crippen molar-refractivity contribution in [3.63, 3.8) is 0 Å². The maximum absolute atomic E-state index is 12.4. The maximum Gasteiger partial charge on any atom is 0.244 e. The van der Waals surface area contributed by atoms with Gasteiger partial charge in [-0.25, -0.2) is 0 Å². The summed E-state index contributed by atoms with van der Waals surface area (Å²) in [7, 11) is 0. The topological polar surface area (TPSA) is 47.4 Å². The van der Waals surface area contributed by atoms with Crippen molar-refractivity contribution in [1.82, 2.24) is 14.7 Å². The zero-order chi connectivity index (χ0) is 15.4. The molecule has 0 aliphatic carbocycles. The maximum atomic E-state index is 12.4. The number of rotatable bonds is 4. The second-order valence-electron chi connectivity index (χ2n) is 5.68. The van der Waals surface area contributed by atoms with Gasteiger partial charge in [-0.2, -0.15) is 5.10 Å². The Kier molecular flexibility index (Phi) is 4.53. The number of amides is 1. The van der Waals surface area contributed by atoms with Gasteiger partial charge in [0.15, 0.2) is 0 Å². The summed E-state index contributed by atoms with van der Waals surface area (Å²) < 4.78 is 7.49. The van der Waals surface area contributed by atoms with Crippen molar-refractivity contribution >= 4 is 5.91 Å². The highest BCUT2D eigenvalue weighted by Crippen LogP contribution is 2.12. The first-order valence-electron chi connectivity index (χ1n) is 7.64. The van der Waals surface area contributed by atoms with E-state index in [1.165, 1.54) is 5.56 Å². The first kappa shape index (κ1) is 14.8. The molecule has 0 spiro atoms. The van der Waals surface area contributed by atoms with Crippen LogP contribution in [0.1, 0.15) is 11.3 Å². The zero-order valence-electron chi connectivity index (χ0n) is 12.8. The molecule has 5 nitrogen and oxygen atoms in total. The lowest BCUT2D eigenvalue weighted by atomic mass is 10.1. The molecule has 0 bridgehead atoms. The summed E-state index contributed by atoms with van der Waals surface area (Å²) >= 11 is 0. The summed E-state index contributed by atoms with van der Waals surface area (Å²) in [6.07, 6.45) is 2.75. The monoisotopic (exact) mass is 299 g/mol. The lowest BCUT2D eigenvalue weighted by Crippen LogP contribution is -2.47. The lowest BCUT2D eigenvalue weighted by molar-refractivity contribution is -0.139. The zero-order valence-corrected chi connectivity index (χ0v) is 12.8. The van der Waals surface area contributed by atoms with Crippen LogP contribution in [0.4, 0.5) is 0 Å². The number of carbonyl (C=O) groups excluding carboxylic acids is 1. The van der Waals surface area contributed by atoms with Gasteiger partial charge in [0.2, 0.25) is 5.91 Å². The van der Waals surface area contributed by atoms with E-state index in [1.807, 2.05) is 42.3 Å². The molecule has 5 heteroatoms. The molecule has 1 aliphatic heterocycles. The summed E-state index contributed by atoms with van der Waals surface area (Å²) in [5, 5.41) is 4.27. The van der Waals surface area contributed by atoms with E-state index in [2.05, 4.69) is 17.2 Å². The Balaban J connectivity index is 1.57. The largest absolute Gasteiger partial charge is 0.374 e. The number of ether oxygens (including phenoxy) is 1. The molecule has 1 aromatic heterocycles. The summed E-state index contributed by atoms with van der Waals surface area (Å²) in [6, 6.07) is 12.2. The Morgan fingerprint density at radius 3 is 2.86 bits per heavy atom. The molecular formula is C17H21N3O2. The van der Waals surface area contributed by atoms with E-state index in [1.54, 1.807) is 4.68 Å². The molecule has 116 valence electrons. The van der Waals surface area contributed by atoms with Crippen molar-refractivity contribution in [2.24, 2.45) is 0 Å². The minimum atomic E-state index is 0.0689. The minimum Gasteiger partial charge on any atom is -0.374 e. The number of hydrogen-bond donors (Lipinski definition) is 0. The van der Waals surface area contributed by atoms with Crippen LogP contribution in [0, 0.1) is 6.92 Å². The third kappa shape index (κ3) is 3.74. The van der Waals surface area contributed by atoms with Gasteiger partial charge in [0.25, 0.3) is 0 Å². The first-order chi connectivity index (χ1) is 10.7. The standard InChI is InChI=1S/C17H21N3O2/c1-14-7-8-20(18-14)13-17(21)19-9-10-22-16(12-19)11-15-5-3-2-4-6-15/h2-8,16H,9-13H2,1H3. The minimum absolute atomic E-state index is 0.0689. The van der Waals surface area contributed by atoms with E-state index in [0.29, 0.717) is 26.2 Å². The molecule has 0 radical (unpaired) electrons. The van der Waals surface area contributed by atoms with Crippen LogP contribution in [0.5, 0.6) is 0 Å². The summed E-state index contributed by atoms with van der Waals surface area (Å²) in [6.45, 7) is 4.12. The number of hydrogen-bond acceptors (Lipinski definition) is 3. The average Bonchev–Trinajstić information content (AvgIpc) is 2.93. The Morgan fingerprint density at radius 2 is 2.14 bits per heavy atom. The second-order valence-corrected chi connectivity index (χ2v) is 5.68. The number of aryl methyl sites for hydroxylation is 1. The summed E-state index contributed by atoms with van der Waals surface area (Å²) in [5.74, 6) is 0.101. The van der Waals surface area contributed by atoms with Gasteiger partial charge in [0, 0.05) is 25.7 Å². The molecule has 2 aromatic rings. The molecule has 1 unspecified atom stereocenters. The van der Waals surface area contributed by atoms with E-state index in [9.17, 15) is 4.79 Å². The van der Waals surface area contributed by atoms with Crippen LogP contribution in [0.15, 0.2) is 42.6 Å². The van der Waals surface area contributed by atoms with E-state index < -0.39 is 0 Å². The van der Waals surface area contributed by atoms with Gasteiger partial charge < -0.3 is 9.64 Å². The SMILES string of the molecule is Cc1ccn(CC(=O)N2CCOC(Cc3ccccc3)C2)n1. The van der Waals surface area contributed by atoms with Crippen molar-refractivity contribution in [1.29, 1.82) is 0 Å². The molecule has 22 heavy (non-hydrogen) atoms. The van der Waals surface area contributed by atoms with Crippen molar-refractivity contribution in [3.05, 3.63) is 53.9 Å². The highest BCUT2D eigenvalue weighted by Gasteiger charge is 2.24. The number of benzene rings is 1. The molecule has 0 N–H and O–H groups in total. The number of nitrogens with zero attached hydrogens (tertiary/aromatic N) is 3. The fourth-order valence-corrected chi connectivity index (χ4v) is 2.74. The van der Waals surface area contributed by atoms with Crippen molar-refractivity contribution in [2.75, 3.05) is 19.7 Å².